The molecule has 0 spiro atoms. The molecule has 154 valence electrons. The summed E-state index contributed by atoms with van der Waals surface area (Å²) in [6.45, 7) is 11.6. The number of hydrogen-bond donors (Lipinski definition) is 3. The summed E-state index contributed by atoms with van der Waals surface area (Å²) in [6, 6.07) is 7.34. The van der Waals surface area contributed by atoms with E-state index in [9.17, 15) is 5.11 Å². The van der Waals surface area contributed by atoms with Gasteiger partial charge in [0, 0.05) is 42.3 Å². The molecule has 1 atom stereocenters. The Bertz CT molecular complexity index is 595. The number of aliphatic hydroxyl groups excluding tert-OH is 1. The number of guanidine groups is 1. The second-order valence-corrected chi connectivity index (χ2v) is 7.43. The second-order valence-electron chi connectivity index (χ2n) is 7.03. The molecule has 1 unspecified atom stereocenters. The van der Waals surface area contributed by atoms with Crippen LogP contribution in [-0.4, -0.2) is 67.4 Å². The van der Waals surface area contributed by atoms with E-state index in [2.05, 4.69) is 29.4 Å². The van der Waals surface area contributed by atoms with E-state index >= 15 is 0 Å². The van der Waals surface area contributed by atoms with Crippen molar-refractivity contribution in [3.8, 4) is 0 Å². The normalized spacial score (nSPS) is 17.1. The molecule has 0 radical (unpaired) electrons. The highest BCUT2D eigenvalue weighted by Crippen LogP contribution is 2.22. The Morgan fingerprint density at radius 1 is 1.30 bits per heavy atom. The topological polar surface area (TPSA) is 69.1 Å². The lowest BCUT2D eigenvalue weighted by Gasteiger charge is -2.39. The van der Waals surface area contributed by atoms with Crippen LogP contribution >= 0.6 is 35.6 Å². The second kappa shape index (κ2) is 12.1. The number of halogens is 2. The molecule has 3 N–H and O–H groups in total. The van der Waals surface area contributed by atoms with E-state index in [0.29, 0.717) is 29.6 Å². The van der Waals surface area contributed by atoms with Crippen molar-refractivity contribution >= 4 is 41.5 Å². The maximum absolute atomic E-state index is 10.4. The Hall–Kier alpha value is -0.610. The van der Waals surface area contributed by atoms with Gasteiger partial charge >= 0.3 is 0 Å². The van der Waals surface area contributed by atoms with Gasteiger partial charge in [-0.2, -0.15) is 0 Å². The SMILES string of the molecule is CCNC(=NCC(C)(C)N1CCOCC1)NCC(O)c1ccccc1Cl.I. The Morgan fingerprint density at radius 3 is 2.59 bits per heavy atom. The highest BCUT2D eigenvalue weighted by Gasteiger charge is 2.28. The largest absolute Gasteiger partial charge is 0.387 e. The van der Waals surface area contributed by atoms with Crippen LogP contribution in [0.25, 0.3) is 0 Å². The van der Waals surface area contributed by atoms with Gasteiger partial charge in [0.25, 0.3) is 0 Å². The minimum absolute atomic E-state index is 0. The number of hydrogen-bond acceptors (Lipinski definition) is 4. The molecule has 0 saturated carbocycles. The molecule has 1 heterocycles. The van der Waals surface area contributed by atoms with Crippen LogP contribution < -0.4 is 10.6 Å². The molecule has 1 aromatic rings. The first-order chi connectivity index (χ1) is 12.4. The van der Waals surface area contributed by atoms with E-state index in [1.54, 1.807) is 6.07 Å². The molecule has 1 aliphatic heterocycles. The number of morpholine rings is 1. The molecule has 2 rings (SSSR count). The van der Waals surface area contributed by atoms with E-state index < -0.39 is 6.10 Å². The third kappa shape index (κ3) is 7.73. The van der Waals surface area contributed by atoms with Gasteiger partial charge in [-0.1, -0.05) is 29.8 Å². The van der Waals surface area contributed by atoms with Crippen molar-refractivity contribution in [2.75, 3.05) is 45.9 Å². The van der Waals surface area contributed by atoms with Crippen molar-refractivity contribution in [3.63, 3.8) is 0 Å². The molecular formula is C19H32ClIN4O2. The Labute approximate surface area is 184 Å². The zero-order chi connectivity index (χ0) is 19.0. The lowest BCUT2D eigenvalue weighted by Crippen LogP contribution is -2.52. The summed E-state index contributed by atoms with van der Waals surface area (Å²) in [5.41, 5.74) is 0.666. The van der Waals surface area contributed by atoms with Gasteiger partial charge in [-0.25, -0.2) is 0 Å². The molecule has 0 aliphatic carbocycles. The molecule has 1 aromatic carbocycles. The molecule has 27 heavy (non-hydrogen) atoms. The molecular weight excluding hydrogens is 479 g/mol. The van der Waals surface area contributed by atoms with Crippen LogP contribution in [0, 0.1) is 0 Å². The highest BCUT2D eigenvalue weighted by atomic mass is 127. The number of nitrogens with one attached hydrogen (secondary N) is 2. The minimum Gasteiger partial charge on any atom is -0.387 e. The standard InChI is InChI=1S/C19H31ClN4O2.HI/c1-4-21-18(22-13-17(25)15-7-5-6-8-16(15)20)23-14-19(2,3)24-9-11-26-12-10-24;/h5-8,17,25H,4,9-14H2,1-3H3,(H2,21,22,23);1H. The summed E-state index contributed by atoms with van der Waals surface area (Å²) in [7, 11) is 0. The van der Waals surface area contributed by atoms with Crippen LogP contribution in [0.3, 0.4) is 0 Å². The van der Waals surface area contributed by atoms with E-state index in [1.807, 2.05) is 25.1 Å². The predicted molar refractivity (Wildman–Crippen MR) is 122 cm³/mol. The summed E-state index contributed by atoms with van der Waals surface area (Å²) in [4.78, 5) is 7.12. The third-order valence-corrected chi connectivity index (χ3v) is 4.91. The van der Waals surface area contributed by atoms with Gasteiger partial charge in [0.15, 0.2) is 5.96 Å². The molecule has 6 nitrogen and oxygen atoms in total. The van der Waals surface area contributed by atoms with Gasteiger partial charge in [-0.05, 0) is 26.8 Å². The van der Waals surface area contributed by atoms with E-state index in [1.165, 1.54) is 0 Å². The maximum atomic E-state index is 10.4. The van der Waals surface area contributed by atoms with Crippen molar-refractivity contribution in [2.24, 2.45) is 4.99 Å². The number of aliphatic hydroxyl groups is 1. The van der Waals surface area contributed by atoms with Gasteiger partial charge in [0.2, 0.25) is 0 Å². The van der Waals surface area contributed by atoms with Gasteiger partial charge < -0.3 is 20.5 Å². The lowest BCUT2D eigenvalue weighted by atomic mass is 10.0. The van der Waals surface area contributed by atoms with Gasteiger partial charge in [0.05, 0.1) is 25.9 Å². The summed E-state index contributed by atoms with van der Waals surface area (Å²) in [6.07, 6.45) is -0.695. The Kier molecular flexibility index (Phi) is 10.9. The lowest BCUT2D eigenvalue weighted by molar-refractivity contribution is -0.00684. The number of ether oxygens (including phenoxy) is 1. The fourth-order valence-corrected chi connectivity index (χ4v) is 3.19. The molecule has 0 bridgehead atoms. The van der Waals surface area contributed by atoms with Crippen LogP contribution in [-0.2, 0) is 4.74 Å². The Balaban J connectivity index is 0.00000364. The van der Waals surface area contributed by atoms with Crippen LogP contribution in [0.5, 0.6) is 0 Å². The first-order valence-electron chi connectivity index (χ1n) is 9.21. The zero-order valence-corrected chi connectivity index (χ0v) is 19.5. The number of rotatable bonds is 7. The van der Waals surface area contributed by atoms with Crippen LogP contribution in [0.15, 0.2) is 29.3 Å². The molecule has 8 heteroatoms. The predicted octanol–water partition coefficient (Wildman–Crippen LogP) is 2.66. The monoisotopic (exact) mass is 510 g/mol. The van der Waals surface area contributed by atoms with Crippen LogP contribution in [0.4, 0.5) is 0 Å². The average molecular weight is 511 g/mol. The Morgan fingerprint density at radius 2 is 1.96 bits per heavy atom. The average Bonchev–Trinajstić information content (AvgIpc) is 2.65. The molecule has 0 aromatic heterocycles. The number of benzene rings is 1. The summed E-state index contributed by atoms with van der Waals surface area (Å²) < 4.78 is 5.43. The maximum Gasteiger partial charge on any atom is 0.191 e. The molecule has 1 fully saturated rings. The van der Waals surface area contributed by atoms with E-state index in [-0.39, 0.29) is 29.5 Å². The number of nitrogens with zero attached hydrogens (tertiary/aromatic N) is 2. The van der Waals surface area contributed by atoms with Crippen molar-refractivity contribution < 1.29 is 9.84 Å². The smallest absolute Gasteiger partial charge is 0.191 e. The summed E-state index contributed by atoms with van der Waals surface area (Å²) in [5.74, 6) is 0.694. The van der Waals surface area contributed by atoms with Crippen molar-refractivity contribution in [1.82, 2.24) is 15.5 Å². The first-order valence-corrected chi connectivity index (χ1v) is 9.59. The highest BCUT2D eigenvalue weighted by molar-refractivity contribution is 14.0. The molecule has 1 saturated heterocycles. The van der Waals surface area contributed by atoms with Crippen molar-refractivity contribution in [2.45, 2.75) is 32.4 Å². The van der Waals surface area contributed by atoms with E-state index in [4.69, 9.17) is 21.3 Å². The third-order valence-electron chi connectivity index (χ3n) is 4.56. The number of aliphatic imine (C=N–C) groups is 1. The fourth-order valence-electron chi connectivity index (χ4n) is 2.93. The van der Waals surface area contributed by atoms with Gasteiger partial charge in [-0.3, -0.25) is 9.89 Å². The summed E-state index contributed by atoms with van der Waals surface area (Å²) >= 11 is 6.15. The van der Waals surface area contributed by atoms with E-state index in [0.717, 1.165) is 32.8 Å². The van der Waals surface area contributed by atoms with Gasteiger partial charge in [0.1, 0.15) is 0 Å². The van der Waals surface area contributed by atoms with Crippen LogP contribution in [0.2, 0.25) is 5.02 Å². The minimum atomic E-state index is -0.695. The first kappa shape index (κ1) is 24.4. The quantitative estimate of drug-likeness (QED) is 0.299. The van der Waals surface area contributed by atoms with Crippen LogP contribution in [0.1, 0.15) is 32.4 Å². The fraction of sp³-hybridized carbons (Fsp3) is 0.632. The molecule has 0 amide bonds. The van der Waals surface area contributed by atoms with Gasteiger partial charge in [-0.15, -0.1) is 24.0 Å². The molecule has 1 aliphatic rings. The summed E-state index contributed by atoms with van der Waals surface area (Å²) in [5, 5.41) is 17.4. The zero-order valence-electron chi connectivity index (χ0n) is 16.4. The van der Waals surface area contributed by atoms with Crippen molar-refractivity contribution in [3.05, 3.63) is 34.9 Å². The van der Waals surface area contributed by atoms with Crippen molar-refractivity contribution in [1.29, 1.82) is 0 Å².